The summed E-state index contributed by atoms with van der Waals surface area (Å²) >= 11 is 5.56. The van der Waals surface area contributed by atoms with Crippen molar-refractivity contribution < 1.29 is 4.74 Å². The third-order valence-electron chi connectivity index (χ3n) is 5.46. The van der Waals surface area contributed by atoms with Gasteiger partial charge in [0.05, 0.1) is 7.11 Å². The molecule has 0 bridgehead atoms. The largest absolute Gasteiger partial charge is 0.497 e. The Kier molecular flexibility index (Phi) is 5.22. The van der Waals surface area contributed by atoms with E-state index in [9.17, 15) is 0 Å². The maximum Gasteiger partial charge on any atom is 0.119 e. The van der Waals surface area contributed by atoms with E-state index in [1.165, 1.54) is 62.9 Å². The van der Waals surface area contributed by atoms with Crippen LogP contribution in [0.5, 0.6) is 5.75 Å². The van der Waals surface area contributed by atoms with Gasteiger partial charge in [-0.3, -0.25) is 0 Å². The van der Waals surface area contributed by atoms with E-state index in [-0.39, 0.29) is 5.41 Å². The molecular weight excluding hydrogens is 304 g/mol. The summed E-state index contributed by atoms with van der Waals surface area (Å²) < 4.78 is 5.49. The molecule has 3 rings (SSSR count). The number of hydrogen-bond acceptors (Lipinski definition) is 3. The van der Waals surface area contributed by atoms with E-state index in [2.05, 4.69) is 29.3 Å². The van der Waals surface area contributed by atoms with Crippen molar-refractivity contribution in [1.82, 2.24) is 10.2 Å². The average Bonchev–Trinajstić information content (AvgIpc) is 3.10. The molecule has 3 nitrogen and oxygen atoms in total. The van der Waals surface area contributed by atoms with Gasteiger partial charge in [-0.1, -0.05) is 25.6 Å². The fourth-order valence-corrected chi connectivity index (χ4v) is 4.41. The van der Waals surface area contributed by atoms with Gasteiger partial charge in [-0.15, -0.1) is 0 Å². The molecule has 0 amide bonds. The van der Waals surface area contributed by atoms with Crippen molar-refractivity contribution in [3.63, 3.8) is 0 Å². The molecule has 2 aliphatic rings. The number of thiocarbonyl (C=S) groups is 1. The number of nitrogens with zero attached hydrogens (tertiary/aromatic N) is 1. The first kappa shape index (κ1) is 16.7. The molecule has 1 aromatic rings. The Morgan fingerprint density at radius 3 is 2.74 bits per heavy atom. The van der Waals surface area contributed by atoms with Gasteiger partial charge in [0, 0.05) is 17.5 Å². The standard InChI is InChI=1S/C19H28N2OS/c1-3-8-19(9-12-21-10-4-5-11-21)14-20-18(23)16-7-6-15(22-2)13-17(16)19/h6-7,13H,3-5,8-12,14H2,1-2H3,(H,20,23). The van der Waals surface area contributed by atoms with Gasteiger partial charge < -0.3 is 15.0 Å². The van der Waals surface area contributed by atoms with Gasteiger partial charge in [-0.2, -0.15) is 0 Å². The number of hydrogen-bond donors (Lipinski definition) is 1. The van der Waals surface area contributed by atoms with Crippen LogP contribution in [0.15, 0.2) is 18.2 Å². The van der Waals surface area contributed by atoms with Gasteiger partial charge in [0.2, 0.25) is 0 Å². The predicted molar refractivity (Wildman–Crippen MR) is 99.6 cm³/mol. The van der Waals surface area contributed by atoms with Crippen LogP contribution >= 0.6 is 12.2 Å². The Morgan fingerprint density at radius 2 is 2.04 bits per heavy atom. The minimum Gasteiger partial charge on any atom is -0.497 e. The molecule has 2 aliphatic heterocycles. The second-order valence-electron chi connectivity index (χ2n) is 6.92. The quantitative estimate of drug-likeness (QED) is 0.806. The van der Waals surface area contributed by atoms with E-state index in [0.717, 1.165) is 17.3 Å². The van der Waals surface area contributed by atoms with Gasteiger partial charge >= 0.3 is 0 Å². The zero-order chi connectivity index (χ0) is 16.3. The van der Waals surface area contributed by atoms with Gasteiger partial charge in [-0.05, 0) is 69.1 Å². The Balaban J connectivity index is 1.92. The number of nitrogens with one attached hydrogen (secondary N) is 1. The highest BCUT2D eigenvalue weighted by molar-refractivity contribution is 7.80. The molecule has 0 aliphatic carbocycles. The summed E-state index contributed by atoms with van der Waals surface area (Å²) in [7, 11) is 1.74. The molecule has 1 atom stereocenters. The average molecular weight is 333 g/mol. The second kappa shape index (κ2) is 7.18. The van der Waals surface area contributed by atoms with Crippen molar-refractivity contribution >= 4 is 17.2 Å². The lowest BCUT2D eigenvalue weighted by Crippen LogP contribution is -2.48. The number of methoxy groups -OCH3 is 1. The third-order valence-corrected chi connectivity index (χ3v) is 5.83. The summed E-state index contributed by atoms with van der Waals surface area (Å²) in [6.45, 7) is 6.95. The summed E-state index contributed by atoms with van der Waals surface area (Å²) in [5, 5.41) is 3.50. The Morgan fingerprint density at radius 1 is 1.26 bits per heavy atom. The van der Waals surface area contributed by atoms with Crippen molar-refractivity contribution in [2.24, 2.45) is 0 Å². The van der Waals surface area contributed by atoms with Crippen LogP contribution in [0.2, 0.25) is 0 Å². The van der Waals surface area contributed by atoms with Crippen LogP contribution in [-0.4, -0.2) is 43.2 Å². The monoisotopic (exact) mass is 332 g/mol. The van der Waals surface area contributed by atoms with Crippen molar-refractivity contribution in [1.29, 1.82) is 0 Å². The molecule has 0 aromatic heterocycles. The van der Waals surface area contributed by atoms with Crippen molar-refractivity contribution in [2.45, 2.75) is 44.4 Å². The minimum absolute atomic E-state index is 0.170. The fraction of sp³-hybridized carbons (Fsp3) is 0.632. The number of benzene rings is 1. The zero-order valence-corrected chi connectivity index (χ0v) is 15.2. The first-order chi connectivity index (χ1) is 11.2. The lowest BCUT2D eigenvalue weighted by Gasteiger charge is -2.41. The zero-order valence-electron chi connectivity index (χ0n) is 14.4. The third kappa shape index (κ3) is 3.38. The van der Waals surface area contributed by atoms with E-state index >= 15 is 0 Å². The SMILES string of the molecule is CCCC1(CCN2CCCC2)CNC(=S)c2ccc(OC)cc21. The molecule has 0 spiro atoms. The molecule has 2 heterocycles. The van der Waals surface area contributed by atoms with E-state index in [4.69, 9.17) is 17.0 Å². The minimum atomic E-state index is 0.170. The molecule has 23 heavy (non-hydrogen) atoms. The van der Waals surface area contributed by atoms with Crippen LogP contribution in [0.4, 0.5) is 0 Å². The molecular formula is C19H28N2OS. The van der Waals surface area contributed by atoms with Crippen LogP contribution in [0.25, 0.3) is 0 Å². The fourth-order valence-electron chi connectivity index (χ4n) is 4.16. The second-order valence-corrected chi connectivity index (χ2v) is 7.33. The summed E-state index contributed by atoms with van der Waals surface area (Å²) in [4.78, 5) is 3.50. The number of likely N-dealkylation sites (tertiary alicyclic amines) is 1. The van der Waals surface area contributed by atoms with Gasteiger partial charge in [-0.25, -0.2) is 0 Å². The first-order valence-corrected chi connectivity index (χ1v) is 9.28. The Bertz CT molecular complexity index is 568. The summed E-state index contributed by atoms with van der Waals surface area (Å²) in [6.07, 6.45) is 6.28. The van der Waals surface area contributed by atoms with Gasteiger partial charge in [0.25, 0.3) is 0 Å². The van der Waals surface area contributed by atoms with E-state index in [1.54, 1.807) is 7.11 Å². The molecule has 0 saturated carbocycles. The van der Waals surface area contributed by atoms with Crippen molar-refractivity contribution in [3.8, 4) is 5.75 Å². The molecule has 1 N–H and O–H groups in total. The highest BCUT2D eigenvalue weighted by Gasteiger charge is 2.38. The summed E-state index contributed by atoms with van der Waals surface area (Å²) in [5.74, 6) is 0.940. The van der Waals surface area contributed by atoms with E-state index < -0.39 is 0 Å². The molecule has 126 valence electrons. The topological polar surface area (TPSA) is 24.5 Å². The van der Waals surface area contributed by atoms with Gasteiger partial charge in [0.1, 0.15) is 10.7 Å². The van der Waals surface area contributed by atoms with E-state index in [1.807, 2.05) is 6.07 Å². The molecule has 0 radical (unpaired) electrons. The molecule has 1 unspecified atom stereocenters. The van der Waals surface area contributed by atoms with Crippen LogP contribution in [-0.2, 0) is 5.41 Å². The van der Waals surface area contributed by atoms with Crippen molar-refractivity contribution in [3.05, 3.63) is 29.3 Å². The normalized spacial score (nSPS) is 24.3. The molecule has 1 saturated heterocycles. The van der Waals surface area contributed by atoms with Crippen LogP contribution in [0.3, 0.4) is 0 Å². The number of ether oxygens (including phenoxy) is 1. The highest BCUT2D eigenvalue weighted by atomic mass is 32.1. The molecule has 1 aromatic carbocycles. The molecule has 1 fully saturated rings. The maximum absolute atomic E-state index is 5.56. The predicted octanol–water partition coefficient (Wildman–Crippen LogP) is 3.50. The Hall–Kier alpha value is -1.13. The maximum atomic E-state index is 5.56. The van der Waals surface area contributed by atoms with Crippen molar-refractivity contribution in [2.75, 3.05) is 33.3 Å². The van der Waals surface area contributed by atoms with Crippen LogP contribution < -0.4 is 10.1 Å². The first-order valence-electron chi connectivity index (χ1n) is 8.87. The highest BCUT2D eigenvalue weighted by Crippen LogP contribution is 2.39. The lowest BCUT2D eigenvalue weighted by atomic mass is 9.70. The number of fused-ring (bicyclic) bond motifs is 1. The van der Waals surface area contributed by atoms with Crippen LogP contribution in [0.1, 0.15) is 50.2 Å². The number of rotatable bonds is 6. The summed E-state index contributed by atoms with van der Waals surface area (Å²) in [6, 6.07) is 6.38. The summed E-state index contributed by atoms with van der Waals surface area (Å²) in [5.41, 5.74) is 2.76. The van der Waals surface area contributed by atoms with E-state index in [0.29, 0.717) is 0 Å². The molecule has 4 heteroatoms. The van der Waals surface area contributed by atoms with Gasteiger partial charge in [0.15, 0.2) is 0 Å². The smallest absolute Gasteiger partial charge is 0.119 e. The van der Waals surface area contributed by atoms with Crippen LogP contribution in [0, 0.1) is 0 Å². The Labute approximate surface area is 145 Å². The lowest BCUT2D eigenvalue weighted by molar-refractivity contribution is 0.262.